The molecule has 0 aliphatic heterocycles. The fourth-order valence-corrected chi connectivity index (χ4v) is 2.86. The van der Waals surface area contributed by atoms with E-state index in [2.05, 4.69) is 61.9 Å². The van der Waals surface area contributed by atoms with E-state index in [1.54, 1.807) is 5.57 Å². The van der Waals surface area contributed by atoms with Gasteiger partial charge >= 0.3 is 0 Å². The number of allylic oxidation sites excluding steroid dienone is 5. The summed E-state index contributed by atoms with van der Waals surface area (Å²) in [6.45, 7) is 2.14. The summed E-state index contributed by atoms with van der Waals surface area (Å²) >= 11 is 0. The average molecular weight is 269 g/mol. The number of rotatable bonds is 3. The van der Waals surface area contributed by atoms with E-state index in [1.165, 1.54) is 16.7 Å². The van der Waals surface area contributed by atoms with Gasteiger partial charge in [-0.05, 0) is 23.1 Å². The first-order chi connectivity index (χ1) is 8.40. The summed E-state index contributed by atoms with van der Waals surface area (Å²) in [6.07, 6.45) is 13.7. The summed E-state index contributed by atoms with van der Waals surface area (Å²) in [6, 6.07) is 8.72. The van der Waals surface area contributed by atoms with E-state index >= 15 is 0 Å². The predicted molar refractivity (Wildman–Crippen MR) is 73.6 cm³/mol. The largest absolute Gasteiger partial charge is 0.328 e. The first kappa shape index (κ1) is 13.6. The van der Waals surface area contributed by atoms with Crippen molar-refractivity contribution in [1.29, 1.82) is 0 Å². The van der Waals surface area contributed by atoms with Crippen LogP contribution in [0.15, 0.2) is 53.6 Å². The standard InChI is InChI=1S/C17H17.Ti/c1-2-6-13-8-5-10-16(13)17-12-11-14-7-3-4-9-15(14)17;/h2-5,7,9-12,17H,6,8H2,1H3;/q-1;. The van der Waals surface area contributed by atoms with E-state index in [9.17, 15) is 0 Å². The van der Waals surface area contributed by atoms with Crippen LogP contribution in [0.25, 0.3) is 6.08 Å². The van der Waals surface area contributed by atoms with Crippen molar-refractivity contribution in [3.63, 3.8) is 0 Å². The van der Waals surface area contributed by atoms with Gasteiger partial charge in [0.1, 0.15) is 0 Å². The zero-order chi connectivity index (χ0) is 11.7. The van der Waals surface area contributed by atoms with E-state index in [0.29, 0.717) is 5.92 Å². The molecule has 18 heavy (non-hydrogen) atoms. The predicted octanol–water partition coefficient (Wildman–Crippen LogP) is 4.67. The van der Waals surface area contributed by atoms with Gasteiger partial charge in [-0.3, -0.25) is 0 Å². The molecule has 0 heterocycles. The molecule has 0 bridgehead atoms. The number of benzene rings is 1. The number of hydrogen-bond donors (Lipinski definition) is 0. The molecule has 3 rings (SSSR count). The molecule has 1 atom stereocenters. The third-order valence-corrected chi connectivity index (χ3v) is 3.65. The van der Waals surface area contributed by atoms with E-state index < -0.39 is 0 Å². The van der Waals surface area contributed by atoms with E-state index in [-0.39, 0.29) is 21.7 Å². The molecule has 1 heteroatoms. The van der Waals surface area contributed by atoms with Crippen LogP contribution >= 0.6 is 0 Å². The maximum atomic E-state index is 2.34. The molecule has 0 amide bonds. The Bertz CT molecular complexity index is 520. The van der Waals surface area contributed by atoms with Crippen molar-refractivity contribution in [2.75, 3.05) is 0 Å². The van der Waals surface area contributed by atoms with Crippen molar-refractivity contribution in [3.05, 3.63) is 71.2 Å². The second-order valence-electron chi connectivity index (χ2n) is 4.74. The van der Waals surface area contributed by atoms with Gasteiger partial charge < -0.3 is 6.42 Å². The Balaban J connectivity index is 0.00000120. The summed E-state index contributed by atoms with van der Waals surface area (Å²) in [5, 5.41) is 0. The Labute approximate surface area is 124 Å². The van der Waals surface area contributed by atoms with Crippen LogP contribution in [-0.2, 0) is 21.7 Å². The van der Waals surface area contributed by atoms with Gasteiger partial charge in [0.15, 0.2) is 0 Å². The average Bonchev–Trinajstić information content (AvgIpc) is 2.95. The summed E-state index contributed by atoms with van der Waals surface area (Å²) in [7, 11) is 0. The molecule has 0 fully saturated rings. The van der Waals surface area contributed by atoms with Crippen molar-refractivity contribution in [2.45, 2.75) is 25.7 Å². The van der Waals surface area contributed by atoms with E-state index in [1.807, 2.05) is 0 Å². The van der Waals surface area contributed by atoms with Crippen LogP contribution in [0.5, 0.6) is 0 Å². The van der Waals surface area contributed by atoms with Gasteiger partial charge in [-0.25, -0.2) is 0 Å². The summed E-state index contributed by atoms with van der Waals surface area (Å²) in [5.41, 5.74) is 5.94. The van der Waals surface area contributed by atoms with Crippen LogP contribution in [-0.4, -0.2) is 0 Å². The Kier molecular flexibility index (Phi) is 4.42. The Hall–Kier alpha value is -0.846. The van der Waals surface area contributed by atoms with Crippen molar-refractivity contribution < 1.29 is 21.7 Å². The van der Waals surface area contributed by atoms with Crippen LogP contribution in [0, 0.1) is 6.42 Å². The van der Waals surface area contributed by atoms with Crippen LogP contribution < -0.4 is 0 Å². The Morgan fingerprint density at radius 2 is 2.06 bits per heavy atom. The van der Waals surface area contributed by atoms with Crippen LogP contribution in [0.3, 0.4) is 0 Å². The number of fused-ring (bicyclic) bond motifs is 1. The smallest absolute Gasteiger partial charge is 0.0277 e. The molecule has 0 aromatic heterocycles. The zero-order valence-electron chi connectivity index (χ0n) is 10.7. The molecule has 0 N–H and O–H groups in total. The van der Waals surface area contributed by atoms with Gasteiger partial charge in [-0.15, -0.1) is 0 Å². The zero-order valence-corrected chi connectivity index (χ0v) is 12.2. The van der Waals surface area contributed by atoms with Crippen LogP contribution in [0.4, 0.5) is 0 Å². The molecule has 0 nitrogen and oxygen atoms in total. The van der Waals surface area contributed by atoms with Gasteiger partial charge in [-0.1, -0.05) is 54.1 Å². The molecule has 0 saturated heterocycles. The molecule has 90 valence electrons. The van der Waals surface area contributed by atoms with Crippen molar-refractivity contribution in [1.82, 2.24) is 0 Å². The maximum Gasteiger partial charge on any atom is 0.0277 e. The van der Waals surface area contributed by atoms with Gasteiger partial charge in [0, 0.05) is 27.6 Å². The number of hydrogen-bond acceptors (Lipinski definition) is 0. The molecular weight excluding hydrogens is 252 g/mol. The second kappa shape index (κ2) is 5.86. The summed E-state index contributed by atoms with van der Waals surface area (Å²) in [4.78, 5) is 0. The molecule has 2 aliphatic carbocycles. The second-order valence-corrected chi connectivity index (χ2v) is 4.74. The van der Waals surface area contributed by atoms with Crippen molar-refractivity contribution in [2.24, 2.45) is 0 Å². The Morgan fingerprint density at radius 3 is 2.89 bits per heavy atom. The first-order valence-electron chi connectivity index (χ1n) is 6.33. The maximum absolute atomic E-state index is 2.34. The quantitative estimate of drug-likeness (QED) is 0.552. The monoisotopic (exact) mass is 269 g/mol. The van der Waals surface area contributed by atoms with Gasteiger partial charge in [0.2, 0.25) is 0 Å². The summed E-state index contributed by atoms with van der Waals surface area (Å²) < 4.78 is 0. The molecule has 1 unspecified atom stereocenters. The molecule has 1 aromatic rings. The molecule has 0 radical (unpaired) electrons. The van der Waals surface area contributed by atoms with E-state index in [0.717, 1.165) is 12.8 Å². The minimum atomic E-state index is 0. The van der Waals surface area contributed by atoms with Gasteiger partial charge in [0.25, 0.3) is 0 Å². The third kappa shape index (κ3) is 2.32. The fraction of sp³-hybridized carbons (Fsp3) is 0.235. The third-order valence-electron chi connectivity index (χ3n) is 3.65. The summed E-state index contributed by atoms with van der Waals surface area (Å²) in [5.74, 6) is 0.486. The first-order valence-corrected chi connectivity index (χ1v) is 6.33. The van der Waals surface area contributed by atoms with Gasteiger partial charge in [-0.2, -0.15) is 13.3 Å². The fourth-order valence-electron chi connectivity index (χ4n) is 2.86. The minimum absolute atomic E-state index is 0. The topological polar surface area (TPSA) is 0 Å². The Morgan fingerprint density at radius 1 is 1.22 bits per heavy atom. The molecule has 0 saturated carbocycles. The minimum Gasteiger partial charge on any atom is -0.328 e. The SMILES string of the molecule is C[CH-]CC1=C(C2C=Cc3ccccc32)C=CC1.[Ti]. The molecule has 2 aliphatic rings. The van der Waals surface area contributed by atoms with Crippen molar-refractivity contribution >= 4 is 6.08 Å². The van der Waals surface area contributed by atoms with Gasteiger partial charge in [0.05, 0.1) is 0 Å². The molecule has 1 aromatic carbocycles. The van der Waals surface area contributed by atoms with E-state index in [4.69, 9.17) is 0 Å². The molecule has 0 spiro atoms. The van der Waals surface area contributed by atoms with Crippen LogP contribution in [0.1, 0.15) is 36.8 Å². The van der Waals surface area contributed by atoms with Crippen LogP contribution in [0.2, 0.25) is 0 Å². The van der Waals surface area contributed by atoms with Crippen molar-refractivity contribution in [3.8, 4) is 0 Å². The molecular formula is C17H17Ti-. The normalized spacial score (nSPS) is 20.2.